The Kier molecular flexibility index (Phi) is 10.5. The van der Waals surface area contributed by atoms with Gasteiger partial charge in [0.2, 0.25) is 0 Å². The van der Waals surface area contributed by atoms with Crippen LogP contribution in [-0.2, 0) is 14.2 Å². The Morgan fingerprint density at radius 1 is 0.833 bits per heavy atom. The highest BCUT2D eigenvalue weighted by molar-refractivity contribution is 5.95. The van der Waals surface area contributed by atoms with E-state index in [0.717, 1.165) is 19.3 Å². The average molecular weight is 336 g/mol. The zero-order chi connectivity index (χ0) is 17.6. The number of esters is 2. The van der Waals surface area contributed by atoms with Gasteiger partial charge in [0.1, 0.15) is 6.61 Å². The molecule has 0 unspecified atom stereocenters. The number of hydrogen-bond donors (Lipinski definition) is 0. The van der Waals surface area contributed by atoms with E-state index < -0.39 is 11.9 Å². The summed E-state index contributed by atoms with van der Waals surface area (Å²) in [6, 6.07) is 6.40. The predicted octanol–water partition coefficient (Wildman–Crippen LogP) is 4.01. The van der Waals surface area contributed by atoms with Crippen molar-refractivity contribution in [3.63, 3.8) is 0 Å². The minimum Gasteiger partial charge on any atom is -0.462 e. The predicted molar refractivity (Wildman–Crippen MR) is 92.3 cm³/mol. The maximum atomic E-state index is 12.0. The molecule has 5 nitrogen and oxygen atoms in total. The fourth-order valence-electron chi connectivity index (χ4n) is 2.15. The number of ether oxygens (including phenoxy) is 3. The zero-order valence-electron chi connectivity index (χ0n) is 14.7. The fourth-order valence-corrected chi connectivity index (χ4v) is 2.15. The molecule has 24 heavy (non-hydrogen) atoms. The van der Waals surface area contributed by atoms with Gasteiger partial charge in [0.25, 0.3) is 0 Å². The number of rotatable bonds is 12. The maximum Gasteiger partial charge on any atom is 0.338 e. The van der Waals surface area contributed by atoms with Gasteiger partial charge < -0.3 is 14.2 Å². The first-order chi connectivity index (χ1) is 11.7. The van der Waals surface area contributed by atoms with E-state index in [1.807, 2.05) is 6.92 Å². The van der Waals surface area contributed by atoms with E-state index >= 15 is 0 Å². The smallest absolute Gasteiger partial charge is 0.338 e. The molecule has 0 saturated carbocycles. The minimum atomic E-state index is -0.469. The number of benzene rings is 1. The molecule has 0 bridgehead atoms. The van der Waals surface area contributed by atoms with E-state index in [1.54, 1.807) is 18.2 Å². The van der Waals surface area contributed by atoms with Crippen molar-refractivity contribution in [2.24, 2.45) is 0 Å². The number of unbranched alkanes of at least 4 members (excludes halogenated alkanes) is 4. The van der Waals surface area contributed by atoms with Gasteiger partial charge in [0, 0.05) is 6.61 Å². The molecule has 1 aromatic rings. The second-order valence-electron chi connectivity index (χ2n) is 5.46. The molecule has 0 aliphatic carbocycles. The quantitative estimate of drug-likeness (QED) is 0.426. The van der Waals surface area contributed by atoms with Gasteiger partial charge in [-0.25, -0.2) is 9.59 Å². The Hall–Kier alpha value is -1.88. The van der Waals surface area contributed by atoms with Crippen LogP contribution >= 0.6 is 0 Å². The molecule has 1 aromatic carbocycles. The first-order valence-electron chi connectivity index (χ1n) is 8.71. The molecular weight excluding hydrogens is 308 g/mol. The Bertz CT molecular complexity index is 498. The van der Waals surface area contributed by atoms with Gasteiger partial charge in [0.15, 0.2) is 0 Å². The van der Waals surface area contributed by atoms with Gasteiger partial charge in [-0.3, -0.25) is 0 Å². The van der Waals surface area contributed by atoms with Crippen LogP contribution in [0.25, 0.3) is 0 Å². The molecule has 0 atom stereocenters. The van der Waals surface area contributed by atoms with E-state index in [1.165, 1.54) is 18.9 Å². The van der Waals surface area contributed by atoms with Crippen molar-refractivity contribution in [1.82, 2.24) is 0 Å². The zero-order valence-corrected chi connectivity index (χ0v) is 14.7. The molecule has 0 amide bonds. The Morgan fingerprint density at radius 3 is 2.08 bits per heavy atom. The Balaban J connectivity index is 2.40. The van der Waals surface area contributed by atoms with Crippen LogP contribution in [0, 0.1) is 0 Å². The molecule has 0 aliphatic rings. The largest absolute Gasteiger partial charge is 0.462 e. The highest BCUT2D eigenvalue weighted by Gasteiger charge is 2.12. The minimum absolute atomic E-state index is 0.194. The summed E-state index contributed by atoms with van der Waals surface area (Å²) >= 11 is 0. The third kappa shape index (κ3) is 8.11. The highest BCUT2D eigenvalue weighted by atomic mass is 16.6. The van der Waals surface area contributed by atoms with E-state index in [-0.39, 0.29) is 6.61 Å². The lowest BCUT2D eigenvalue weighted by molar-refractivity contribution is 0.0335. The molecule has 0 heterocycles. The second-order valence-corrected chi connectivity index (χ2v) is 5.46. The van der Waals surface area contributed by atoms with Crippen LogP contribution in [0.5, 0.6) is 0 Å². The third-order valence-corrected chi connectivity index (χ3v) is 3.48. The van der Waals surface area contributed by atoms with Crippen molar-refractivity contribution < 1.29 is 23.8 Å². The molecular formula is C19H28O5. The Labute approximate surface area is 144 Å². The number of carbonyl (C=O) groups excluding carboxylic acids is 2. The first kappa shape index (κ1) is 20.2. The molecule has 0 saturated heterocycles. The molecule has 5 heteroatoms. The van der Waals surface area contributed by atoms with Gasteiger partial charge in [-0.2, -0.15) is 0 Å². The van der Waals surface area contributed by atoms with Crippen LogP contribution in [0.2, 0.25) is 0 Å². The summed E-state index contributed by atoms with van der Waals surface area (Å²) in [7, 11) is 0. The summed E-state index contributed by atoms with van der Waals surface area (Å²) in [6.07, 6.45) is 5.49. The Morgan fingerprint density at radius 2 is 1.46 bits per heavy atom. The molecule has 1 rings (SSSR count). The van der Waals surface area contributed by atoms with Crippen molar-refractivity contribution >= 4 is 11.9 Å². The summed E-state index contributed by atoms with van der Waals surface area (Å²) in [4.78, 5) is 23.9. The molecule has 134 valence electrons. The van der Waals surface area contributed by atoms with E-state index in [0.29, 0.717) is 30.9 Å². The molecule has 0 aromatic heterocycles. The van der Waals surface area contributed by atoms with Gasteiger partial charge >= 0.3 is 11.9 Å². The summed E-state index contributed by atoms with van der Waals surface area (Å²) < 4.78 is 15.4. The standard InChI is InChI=1S/C19H28O5/c1-3-5-6-7-8-12-23-18(20)16-10-9-11-17(15-16)19(21)24-14-13-22-4-2/h9-11,15H,3-8,12-14H2,1-2H3. The monoisotopic (exact) mass is 336 g/mol. The van der Waals surface area contributed by atoms with Crippen LogP contribution in [0.1, 0.15) is 66.7 Å². The molecule has 0 fully saturated rings. The summed E-state index contributed by atoms with van der Waals surface area (Å²) in [6.45, 7) is 5.58. The van der Waals surface area contributed by atoms with Crippen molar-refractivity contribution in [3.05, 3.63) is 35.4 Å². The lowest BCUT2D eigenvalue weighted by atomic mass is 10.1. The average Bonchev–Trinajstić information content (AvgIpc) is 2.61. The lowest BCUT2D eigenvalue weighted by Gasteiger charge is -2.07. The van der Waals surface area contributed by atoms with Crippen molar-refractivity contribution in [3.8, 4) is 0 Å². The highest BCUT2D eigenvalue weighted by Crippen LogP contribution is 2.09. The van der Waals surface area contributed by atoms with Crippen molar-refractivity contribution in [2.45, 2.75) is 46.0 Å². The fraction of sp³-hybridized carbons (Fsp3) is 0.579. The molecule has 0 aliphatic heterocycles. The van der Waals surface area contributed by atoms with Crippen molar-refractivity contribution in [1.29, 1.82) is 0 Å². The maximum absolute atomic E-state index is 12.0. The first-order valence-corrected chi connectivity index (χ1v) is 8.71. The van der Waals surface area contributed by atoms with E-state index in [2.05, 4.69) is 6.92 Å². The van der Waals surface area contributed by atoms with Crippen LogP contribution in [-0.4, -0.2) is 38.4 Å². The second kappa shape index (κ2) is 12.5. The summed E-state index contributed by atoms with van der Waals surface area (Å²) in [5.41, 5.74) is 0.701. The van der Waals surface area contributed by atoms with Gasteiger partial charge in [-0.05, 0) is 31.5 Å². The SMILES string of the molecule is CCCCCCCOC(=O)c1cccc(C(=O)OCCOCC)c1. The van der Waals surface area contributed by atoms with Gasteiger partial charge in [-0.1, -0.05) is 38.7 Å². The summed E-state index contributed by atoms with van der Waals surface area (Å²) in [5, 5.41) is 0. The normalized spacial score (nSPS) is 10.4. The molecule has 0 N–H and O–H groups in total. The molecule has 0 spiro atoms. The van der Waals surface area contributed by atoms with Crippen LogP contribution < -0.4 is 0 Å². The van der Waals surface area contributed by atoms with Crippen LogP contribution in [0.4, 0.5) is 0 Å². The molecule has 0 radical (unpaired) electrons. The van der Waals surface area contributed by atoms with Gasteiger partial charge in [-0.15, -0.1) is 0 Å². The summed E-state index contributed by atoms with van der Waals surface area (Å²) in [5.74, 6) is -0.877. The van der Waals surface area contributed by atoms with Crippen LogP contribution in [0.3, 0.4) is 0 Å². The number of hydrogen-bond acceptors (Lipinski definition) is 5. The number of carbonyl (C=O) groups is 2. The van der Waals surface area contributed by atoms with Crippen LogP contribution in [0.15, 0.2) is 24.3 Å². The van der Waals surface area contributed by atoms with Gasteiger partial charge in [0.05, 0.1) is 24.3 Å². The van der Waals surface area contributed by atoms with Crippen molar-refractivity contribution in [2.75, 3.05) is 26.4 Å². The lowest BCUT2D eigenvalue weighted by Crippen LogP contribution is -2.12. The topological polar surface area (TPSA) is 61.8 Å². The third-order valence-electron chi connectivity index (χ3n) is 3.48. The van der Waals surface area contributed by atoms with E-state index in [4.69, 9.17) is 14.2 Å². The van der Waals surface area contributed by atoms with E-state index in [9.17, 15) is 9.59 Å².